The lowest BCUT2D eigenvalue weighted by molar-refractivity contribution is 0.601. The highest BCUT2D eigenvalue weighted by molar-refractivity contribution is 7.98. The van der Waals surface area contributed by atoms with Crippen LogP contribution in [0.15, 0.2) is 52.3 Å². The minimum atomic E-state index is -3.67. The molecule has 0 aromatic heterocycles. The van der Waals surface area contributed by atoms with E-state index in [0.29, 0.717) is 16.3 Å². The lowest BCUT2D eigenvalue weighted by Crippen LogP contribution is -2.13. The molecule has 0 saturated carbocycles. The Morgan fingerprint density at radius 2 is 2.00 bits per heavy atom. The maximum absolute atomic E-state index is 12.3. The van der Waals surface area contributed by atoms with Crippen molar-refractivity contribution < 1.29 is 8.42 Å². The predicted molar refractivity (Wildman–Crippen MR) is 88.4 cm³/mol. The van der Waals surface area contributed by atoms with Crippen molar-refractivity contribution in [2.45, 2.75) is 16.3 Å². The molecule has 112 valence electrons. The minimum absolute atomic E-state index is 0.110. The predicted octanol–water partition coefficient (Wildman–Crippen LogP) is 3.32. The monoisotopic (exact) mass is 342 g/mol. The molecule has 0 spiro atoms. The average molecular weight is 343 g/mol. The van der Waals surface area contributed by atoms with Gasteiger partial charge in [0.25, 0.3) is 10.0 Å². The molecule has 4 nitrogen and oxygen atoms in total. The summed E-state index contributed by atoms with van der Waals surface area (Å²) in [4.78, 5) is 1.09. The molecule has 3 N–H and O–H groups in total. The zero-order valence-electron chi connectivity index (χ0n) is 11.3. The molecule has 7 heteroatoms. The first-order valence-corrected chi connectivity index (χ1v) is 9.20. The van der Waals surface area contributed by atoms with Crippen molar-refractivity contribution in [2.75, 3.05) is 11.0 Å². The molecule has 0 atom stereocenters. The Bertz CT molecular complexity index is 748. The van der Waals surface area contributed by atoms with E-state index in [4.69, 9.17) is 17.3 Å². The number of anilines is 1. The minimum Gasteiger partial charge on any atom is -0.326 e. The molecule has 0 unspecified atom stereocenters. The second kappa shape index (κ2) is 6.70. The van der Waals surface area contributed by atoms with Gasteiger partial charge in [0.2, 0.25) is 0 Å². The van der Waals surface area contributed by atoms with Crippen molar-refractivity contribution in [3.8, 4) is 0 Å². The standard InChI is InChI=1S/C14H15ClN2O2S2/c1-20-12-4-2-3-11(7-12)17-21(18,19)13-6-5-10(9-16)14(15)8-13/h2-8,17H,9,16H2,1H3. The zero-order chi connectivity index (χ0) is 15.5. The first-order chi connectivity index (χ1) is 9.96. The van der Waals surface area contributed by atoms with Gasteiger partial charge < -0.3 is 5.73 Å². The van der Waals surface area contributed by atoms with Gasteiger partial charge in [0.15, 0.2) is 0 Å². The molecule has 0 radical (unpaired) electrons. The Morgan fingerprint density at radius 1 is 1.24 bits per heavy atom. The van der Waals surface area contributed by atoms with Crippen LogP contribution in [-0.4, -0.2) is 14.7 Å². The molecule has 0 aliphatic rings. The van der Waals surface area contributed by atoms with Gasteiger partial charge in [-0.15, -0.1) is 11.8 Å². The second-order valence-electron chi connectivity index (χ2n) is 4.29. The fraction of sp³-hybridized carbons (Fsp3) is 0.143. The number of rotatable bonds is 5. The summed E-state index contributed by atoms with van der Waals surface area (Å²) in [5.74, 6) is 0. The van der Waals surface area contributed by atoms with Crippen molar-refractivity contribution in [1.82, 2.24) is 0 Å². The highest BCUT2D eigenvalue weighted by Crippen LogP contribution is 2.24. The van der Waals surface area contributed by atoms with Crippen LogP contribution in [0.4, 0.5) is 5.69 Å². The van der Waals surface area contributed by atoms with E-state index in [1.807, 2.05) is 12.3 Å². The van der Waals surface area contributed by atoms with Crippen molar-refractivity contribution >= 4 is 39.1 Å². The van der Waals surface area contributed by atoms with Crippen LogP contribution < -0.4 is 10.5 Å². The highest BCUT2D eigenvalue weighted by atomic mass is 35.5. The van der Waals surface area contributed by atoms with Gasteiger partial charge >= 0.3 is 0 Å². The van der Waals surface area contributed by atoms with Crippen LogP contribution >= 0.6 is 23.4 Å². The molecule has 2 aromatic carbocycles. The van der Waals surface area contributed by atoms with E-state index < -0.39 is 10.0 Å². The Morgan fingerprint density at radius 3 is 2.62 bits per heavy atom. The van der Waals surface area contributed by atoms with Crippen LogP contribution in [0.2, 0.25) is 5.02 Å². The molecule has 0 aliphatic carbocycles. The van der Waals surface area contributed by atoms with Crippen molar-refractivity contribution in [1.29, 1.82) is 0 Å². The van der Waals surface area contributed by atoms with Gasteiger partial charge in [-0.1, -0.05) is 23.7 Å². The second-order valence-corrected chi connectivity index (χ2v) is 7.26. The third-order valence-corrected chi connectivity index (χ3v) is 5.33. The van der Waals surface area contributed by atoms with Gasteiger partial charge in [0.05, 0.1) is 4.90 Å². The Labute approximate surface area is 133 Å². The van der Waals surface area contributed by atoms with E-state index in [9.17, 15) is 8.42 Å². The van der Waals surface area contributed by atoms with Crippen LogP contribution in [0, 0.1) is 0 Å². The number of halogens is 1. The summed E-state index contributed by atoms with van der Waals surface area (Å²) in [6.45, 7) is 0.266. The number of nitrogens with one attached hydrogen (secondary N) is 1. The van der Waals surface area contributed by atoms with E-state index >= 15 is 0 Å². The third-order valence-electron chi connectivity index (χ3n) is 2.88. The molecule has 2 rings (SSSR count). The van der Waals surface area contributed by atoms with Gasteiger partial charge in [-0.05, 0) is 42.2 Å². The van der Waals surface area contributed by atoms with Crippen molar-refractivity contribution in [2.24, 2.45) is 5.73 Å². The van der Waals surface area contributed by atoms with E-state index in [1.165, 1.54) is 12.1 Å². The molecule has 0 heterocycles. The molecule has 2 aromatic rings. The maximum atomic E-state index is 12.3. The highest BCUT2D eigenvalue weighted by Gasteiger charge is 2.15. The smallest absolute Gasteiger partial charge is 0.261 e. The van der Waals surface area contributed by atoms with Crippen molar-refractivity contribution in [3.05, 3.63) is 53.1 Å². The fourth-order valence-corrected chi connectivity index (χ4v) is 3.62. The normalized spacial score (nSPS) is 11.4. The topological polar surface area (TPSA) is 72.2 Å². The SMILES string of the molecule is CSc1cccc(NS(=O)(=O)c2ccc(CN)c(Cl)c2)c1. The molecular weight excluding hydrogens is 328 g/mol. The third kappa shape index (κ3) is 3.91. The average Bonchev–Trinajstić information content (AvgIpc) is 2.47. The molecule has 0 aliphatic heterocycles. The zero-order valence-corrected chi connectivity index (χ0v) is 13.7. The summed E-state index contributed by atoms with van der Waals surface area (Å²) in [7, 11) is -3.67. The van der Waals surface area contributed by atoms with Gasteiger partial charge in [-0.3, -0.25) is 4.72 Å². The van der Waals surface area contributed by atoms with E-state index in [-0.39, 0.29) is 11.4 Å². The summed E-state index contributed by atoms with van der Waals surface area (Å²) in [5.41, 5.74) is 6.74. The number of benzene rings is 2. The number of nitrogens with two attached hydrogens (primary N) is 1. The van der Waals surface area contributed by atoms with Gasteiger partial charge in [-0.25, -0.2) is 8.42 Å². The summed E-state index contributed by atoms with van der Waals surface area (Å²) in [6, 6.07) is 11.7. The first kappa shape index (κ1) is 16.2. The van der Waals surface area contributed by atoms with Crippen molar-refractivity contribution in [3.63, 3.8) is 0 Å². The number of hydrogen-bond acceptors (Lipinski definition) is 4. The van der Waals surface area contributed by atoms with Crippen LogP contribution in [0.5, 0.6) is 0 Å². The molecular formula is C14H15ClN2O2S2. The molecule has 0 bridgehead atoms. The molecule has 0 amide bonds. The molecule has 0 fully saturated rings. The molecule has 21 heavy (non-hydrogen) atoms. The lowest BCUT2D eigenvalue weighted by Gasteiger charge is -2.10. The van der Waals surface area contributed by atoms with Gasteiger partial charge in [-0.2, -0.15) is 0 Å². The van der Waals surface area contributed by atoms with E-state index in [0.717, 1.165) is 4.90 Å². The van der Waals surface area contributed by atoms with Gasteiger partial charge in [0, 0.05) is 22.2 Å². The van der Waals surface area contributed by atoms with Crippen LogP contribution in [0.3, 0.4) is 0 Å². The van der Waals surface area contributed by atoms with E-state index in [2.05, 4.69) is 4.72 Å². The summed E-state index contributed by atoms with van der Waals surface area (Å²) >= 11 is 7.55. The summed E-state index contributed by atoms with van der Waals surface area (Å²) < 4.78 is 27.2. The number of hydrogen-bond donors (Lipinski definition) is 2. The van der Waals surface area contributed by atoms with Crippen LogP contribution in [0.25, 0.3) is 0 Å². The van der Waals surface area contributed by atoms with Crippen LogP contribution in [0.1, 0.15) is 5.56 Å². The maximum Gasteiger partial charge on any atom is 0.261 e. The number of thioether (sulfide) groups is 1. The number of sulfonamides is 1. The largest absolute Gasteiger partial charge is 0.326 e. The quantitative estimate of drug-likeness (QED) is 0.817. The summed E-state index contributed by atoms with van der Waals surface area (Å²) in [6.07, 6.45) is 1.93. The lowest BCUT2D eigenvalue weighted by atomic mass is 10.2. The Balaban J connectivity index is 2.31. The summed E-state index contributed by atoms with van der Waals surface area (Å²) in [5, 5.41) is 0.346. The first-order valence-electron chi connectivity index (χ1n) is 6.11. The Hall–Kier alpha value is -1.21. The Kier molecular flexibility index (Phi) is 5.16. The molecule has 0 saturated heterocycles. The fourth-order valence-electron chi connectivity index (χ4n) is 1.76. The van der Waals surface area contributed by atoms with Crippen LogP contribution in [-0.2, 0) is 16.6 Å². The van der Waals surface area contributed by atoms with E-state index in [1.54, 1.807) is 36.0 Å². The van der Waals surface area contributed by atoms with Gasteiger partial charge in [0.1, 0.15) is 0 Å².